The normalized spacial score (nSPS) is 11.1. The SMILES string of the molecule is Nc1nc(N)c(N=Cc2ccc(N(CCCl)CCCl)cc2)c(N)n1. The Hall–Kier alpha value is -2.25. The second-order valence-corrected chi connectivity index (χ2v) is 5.67. The number of halogens is 2. The molecule has 0 aliphatic carbocycles. The summed E-state index contributed by atoms with van der Waals surface area (Å²) in [4.78, 5) is 14.1. The van der Waals surface area contributed by atoms with E-state index in [0.717, 1.165) is 24.3 Å². The zero-order valence-corrected chi connectivity index (χ0v) is 14.5. The van der Waals surface area contributed by atoms with E-state index in [1.165, 1.54) is 0 Å². The number of rotatable bonds is 7. The molecule has 0 unspecified atom stereocenters. The van der Waals surface area contributed by atoms with Gasteiger partial charge in [-0.3, -0.25) is 0 Å². The highest BCUT2D eigenvalue weighted by Crippen LogP contribution is 2.26. The van der Waals surface area contributed by atoms with Crippen LogP contribution in [-0.2, 0) is 0 Å². The van der Waals surface area contributed by atoms with Crippen LogP contribution in [0.2, 0.25) is 0 Å². The third kappa shape index (κ3) is 4.62. The van der Waals surface area contributed by atoms with Gasteiger partial charge < -0.3 is 22.1 Å². The van der Waals surface area contributed by atoms with Gasteiger partial charge in [-0.1, -0.05) is 12.1 Å². The van der Waals surface area contributed by atoms with Crippen molar-refractivity contribution in [1.82, 2.24) is 9.97 Å². The number of alkyl halides is 2. The predicted octanol–water partition coefficient (Wildman–Crippen LogP) is 2.26. The molecule has 0 aliphatic heterocycles. The van der Waals surface area contributed by atoms with Crippen LogP contribution in [0.25, 0.3) is 0 Å². The fourth-order valence-corrected chi connectivity index (χ4v) is 2.53. The highest BCUT2D eigenvalue weighted by atomic mass is 35.5. The van der Waals surface area contributed by atoms with E-state index in [1.54, 1.807) is 6.21 Å². The van der Waals surface area contributed by atoms with Crippen LogP contribution in [0, 0.1) is 0 Å². The minimum absolute atomic E-state index is 0.0203. The van der Waals surface area contributed by atoms with Crippen LogP contribution in [0.3, 0.4) is 0 Å². The Balaban J connectivity index is 2.17. The first-order valence-electron chi connectivity index (χ1n) is 7.24. The fraction of sp³-hybridized carbons (Fsp3) is 0.267. The van der Waals surface area contributed by atoms with E-state index in [1.807, 2.05) is 24.3 Å². The minimum Gasteiger partial charge on any atom is -0.382 e. The molecule has 9 heteroatoms. The van der Waals surface area contributed by atoms with E-state index in [0.29, 0.717) is 17.4 Å². The molecule has 2 rings (SSSR count). The molecule has 0 bridgehead atoms. The molecule has 0 aliphatic rings. The molecule has 1 aromatic carbocycles. The molecule has 0 radical (unpaired) electrons. The van der Waals surface area contributed by atoms with Crippen LogP contribution in [0.1, 0.15) is 5.56 Å². The zero-order valence-electron chi connectivity index (χ0n) is 13.0. The summed E-state index contributed by atoms with van der Waals surface area (Å²) >= 11 is 11.6. The average Bonchev–Trinajstić information content (AvgIpc) is 2.54. The van der Waals surface area contributed by atoms with Crippen molar-refractivity contribution in [3.63, 3.8) is 0 Å². The Bertz CT molecular complexity index is 674. The number of hydrogen-bond acceptors (Lipinski definition) is 7. The van der Waals surface area contributed by atoms with Gasteiger partial charge >= 0.3 is 0 Å². The number of hydrogen-bond donors (Lipinski definition) is 3. The number of benzene rings is 1. The second kappa shape index (κ2) is 8.56. The fourth-order valence-electron chi connectivity index (χ4n) is 2.13. The van der Waals surface area contributed by atoms with Crippen molar-refractivity contribution in [1.29, 1.82) is 0 Å². The maximum absolute atomic E-state index is 5.82. The molecular formula is C15H19Cl2N7. The summed E-state index contributed by atoms with van der Waals surface area (Å²) in [5.41, 5.74) is 19.2. The highest BCUT2D eigenvalue weighted by molar-refractivity contribution is 6.18. The molecule has 7 nitrogen and oxygen atoms in total. The maximum Gasteiger partial charge on any atom is 0.224 e. The van der Waals surface area contributed by atoms with Gasteiger partial charge in [0, 0.05) is 36.8 Å². The van der Waals surface area contributed by atoms with Gasteiger partial charge in [0.25, 0.3) is 0 Å². The minimum atomic E-state index is 0.0203. The lowest BCUT2D eigenvalue weighted by atomic mass is 10.2. The summed E-state index contributed by atoms with van der Waals surface area (Å²) < 4.78 is 0. The van der Waals surface area contributed by atoms with E-state index in [2.05, 4.69) is 19.9 Å². The lowest BCUT2D eigenvalue weighted by Gasteiger charge is -2.22. The molecule has 0 amide bonds. The van der Waals surface area contributed by atoms with Crippen molar-refractivity contribution in [3.05, 3.63) is 29.8 Å². The topological polar surface area (TPSA) is 119 Å². The van der Waals surface area contributed by atoms with Crippen LogP contribution < -0.4 is 22.1 Å². The number of anilines is 4. The monoisotopic (exact) mass is 367 g/mol. The Kier molecular flexibility index (Phi) is 6.45. The van der Waals surface area contributed by atoms with E-state index >= 15 is 0 Å². The van der Waals surface area contributed by atoms with Gasteiger partial charge in [-0.05, 0) is 17.7 Å². The van der Waals surface area contributed by atoms with Gasteiger partial charge in [0.05, 0.1) is 0 Å². The summed E-state index contributed by atoms with van der Waals surface area (Å²) in [6.07, 6.45) is 1.64. The molecule has 128 valence electrons. The van der Waals surface area contributed by atoms with Crippen molar-refractivity contribution >= 4 is 58.4 Å². The summed E-state index contributed by atoms with van der Waals surface area (Å²) in [6, 6.07) is 7.82. The predicted molar refractivity (Wildman–Crippen MR) is 103 cm³/mol. The Morgan fingerprint density at radius 3 is 2.00 bits per heavy atom. The Morgan fingerprint density at radius 2 is 1.50 bits per heavy atom. The lowest BCUT2D eigenvalue weighted by Crippen LogP contribution is -2.27. The molecule has 24 heavy (non-hydrogen) atoms. The van der Waals surface area contributed by atoms with Gasteiger partial charge in [-0.15, -0.1) is 23.2 Å². The molecule has 1 aromatic heterocycles. The molecule has 0 saturated carbocycles. The second-order valence-electron chi connectivity index (χ2n) is 4.92. The van der Waals surface area contributed by atoms with Gasteiger partial charge in [0.15, 0.2) is 11.6 Å². The lowest BCUT2D eigenvalue weighted by molar-refractivity contribution is 0.874. The summed E-state index contributed by atoms with van der Waals surface area (Å²) in [5.74, 6) is 1.38. The van der Waals surface area contributed by atoms with E-state index in [9.17, 15) is 0 Å². The van der Waals surface area contributed by atoms with Gasteiger partial charge in [-0.25, -0.2) is 4.99 Å². The quantitative estimate of drug-likeness (QED) is 0.509. The molecule has 0 atom stereocenters. The average molecular weight is 368 g/mol. The van der Waals surface area contributed by atoms with E-state index < -0.39 is 0 Å². The maximum atomic E-state index is 5.82. The van der Waals surface area contributed by atoms with Crippen molar-refractivity contribution in [2.75, 3.05) is 47.0 Å². The molecule has 0 fully saturated rings. The van der Waals surface area contributed by atoms with E-state index in [4.69, 9.17) is 40.4 Å². The van der Waals surface area contributed by atoms with Crippen molar-refractivity contribution in [3.8, 4) is 0 Å². The van der Waals surface area contributed by atoms with Gasteiger partial charge in [0.1, 0.15) is 5.69 Å². The summed E-state index contributed by atoms with van der Waals surface area (Å²) in [5, 5.41) is 0. The standard InChI is InChI=1S/C15H19Cl2N7/c16-5-7-24(8-6-17)11-3-1-10(2-4-11)9-21-12-13(18)22-15(20)23-14(12)19/h1-4,9H,5-8H2,(H6,18,19,20,22,23). The van der Waals surface area contributed by atoms with Crippen LogP contribution in [0.4, 0.5) is 29.0 Å². The molecule has 2 aromatic rings. The smallest absolute Gasteiger partial charge is 0.224 e. The number of nitrogen functional groups attached to an aromatic ring is 3. The van der Waals surface area contributed by atoms with Crippen molar-refractivity contribution in [2.45, 2.75) is 0 Å². The first-order valence-corrected chi connectivity index (χ1v) is 8.31. The summed E-state index contributed by atoms with van der Waals surface area (Å²) in [7, 11) is 0. The van der Waals surface area contributed by atoms with Crippen LogP contribution in [-0.4, -0.2) is 41.0 Å². The van der Waals surface area contributed by atoms with Crippen molar-refractivity contribution in [2.24, 2.45) is 4.99 Å². The largest absolute Gasteiger partial charge is 0.382 e. The van der Waals surface area contributed by atoms with Crippen LogP contribution >= 0.6 is 23.2 Å². The van der Waals surface area contributed by atoms with Crippen LogP contribution in [0.15, 0.2) is 29.3 Å². The number of aromatic nitrogens is 2. The third-order valence-electron chi connectivity index (χ3n) is 3.27. The first kappa shape index (κ1) is 18.1. The molecule has 6 N–H and O–H groups in total. The van der Waals surface area contributed by atoms with E-state index in [-0.39, 0.29) is 17.6 Å². The number of aliphatic imine (C=N–C) groups is 1. The molecule has 1 heterocycles. The van der Waals surface area contributed by atoms with Crippen LogP contribution in [0.5, 0.6) is 0 Å². The first-order chi connectivity index (χ1) is 11.5. The summed E-state index contributed by atoms with van der Waals surface area (Å²) in [6.45, 7) is 1.47. The molecule has 0 spiro atoms. The van der Waals surface area contributed by atoms with Gasteiger partial charge in [-0.2, -0.15) is 9.97 Å². The third-order valence-corrected chi connectivity index (χ3v) is 3.60. The number of nitrogens with two attached hydrogens (primary N) is 3. The van der Waals surface area contributed by atoms with Gasteiger partial charge in [0.2, 0.25) is 5.95 Å². The zero-order chi connectivity index (χ0) is 17.5. The number of nitrogens with zero attached hydrogens (tertiary/aromatic N) is 4. The highest BCUT2D eigenvalue weighted by Gasteiger charge is 2.07. The Morgan fingerprint density at radius 1 is 0.958 bits per heavy atom. The van der Waals surface area contributed by atoms with Crippen molar-refractivity contribution < 1.29 is 0 Å². The molecule has 0 saturated heterocycles. The Labute approximate surface area is 150 Å². The molecular weight excluding hydrogens is 349 g/mol.